The first-order chi connectivity index (χ1) is 11.0. The van der Waals surface area contributed by atoms with Crippen LogP contribution in [0.1, 0.15) is 34.1 Å². The predicted molar refractivity (Wildman–Crippen MR) is 90.3 cm³/mol. The Balaban J connectivity index is 2.10. The molecule has 0 saturated heterocycles. The number of rotatable bonds is 6. The van der Waals surface area contributed by atoms with E-state index in [1.54, 1.807) is 13.2 Å². The van der Waals surface area contributed by atoms with Gasteiger partial charge >= 0.3 is 0 Å². The average molecular weight is 334 g/mol. The van der Waals surface area contributed by atoms with Gasteiger partial charge in [0, 0.05) is 19.2 Å². The van der Waals surface area contributed by atoms with Gasteiger partial charge in [-0.15, -0.1) is 0 Å². The van der Waals surface area contributed by atoms with Gasteiger partial charge in [-0.3, -0.25) is 14.9 Å². The number of amides is 2. The zero-order valence-corrected chi connectivity index (χ0v) is 13.7. The number of aromatic hydroxyl groups is 1. The standard InChI is InChI=1S/C15H18N4O3S/c1-3-6-17-13(21)9-4-5-10(11(20)7-9)14(22)19-15-18-8-12(16-2)23-15/h4-5,7-8,16,20H,3,6H2,1-2H3,(H,17,21)(H,18,19,22). The molecule has 23 heavy (non-hydrogen) atoms. The molecule has 0 aliphatic carbocycles. The van der Waals surface area contributed by atoms with Crippen LogP contribution in [-0.2, 0) is 0 Å². The van der Waals surface area contributed by atoms with Crippen LogP contribution in [0.5, 0.6) is 5.75 Å². The molecule has 7 nitrogen and oxygen atoms in total. The van der Waals surface area contributed by atoms with Crippen LogP contribution in [0.3, 0.4) is 0 Å². The number of nitrogens with one attached hydrogen (secondary N) is 3. The van der Waals surface area contributed by atoms with Crippen LogP contribution >= 0.6 is 11.3 Å². The smallest absolute Gasteiger partial charge is 0.261 e. The lowest BCUT2D eigenvalue weighted by Gasteiger charge is -2.07. The molecule has 0 bridgehead atoms. The maximum Gasteiger partial charge on any atom is 0.261 e. The highest BCUT2D eigenvalue weighted by atomic mass is 32.1. The number of aromatic nitrogens is 1. The molecule has 0 aliphatic heterocycles. The van der Waals surface area contributed by atoms with Gasteiger partial charge < -0.3 is 15.7 Å². The fraction of sp³-hybridized carbons (Fsp3) is 0.267. The van der Waals surface area contributed by atoms with E-state index in [-0.39, 0.29) is 17.2 Å². The zero-order chi connectivity index (χ0) is 16.8. The monoisotopic (exact) mass is 334 g/mol. The van der Waals surface area contributed by atoms with E-state index in [9.17, 15) is 14.7 Å². The molecule has 0 atom stereocenters. The number of carbonyl (C=O) groups is 2. The molecular formula is C15H18N4O3S. The third-order valence-corrected chi connectivity index (χ3v) is 3.94. The van der Waals surface area contributed by atoms with E-state index in [4.69, 9.17) is 0 Å². The topological polar surface area (TPSA) is 103 Å². The van der Waals surface area contributed by atoms with E-state index < -0.39 is 5.91 Å². The number of phenolic OH excluding ortho intramolecular Hbond substituents is 1. The van der Waals surface area contributed by atoms with Gasteiger partial charge in [0.25, 0.3) is 11.8 Å². The number of hydrogen-bond donors (Lipinski definition) is 4. The molecule has 2 rings (SSSR count). The van der Waals surface area contributed by atoms with E-state index in [0.29, 0.717) is 17.2 Å². The van der Waals surface area contributed by atoms with Crippen molar-refractivity contribution in [2.24, 2.45) is 0 Å². The first-order valence-electron chi connectivity index (χ1n) is 7.11. The third kappa shape index (κ3) is 4.19. The Labute approximate surface area is 137 Å². The van der Waals surface area contributed by atoms with E-state index in [1.165, 1.54) is 29.5 Å². The quantitative estimate of drug-likeness (QED) is 0.649. The third-order valence-electron chi connectivity index (χ3n) is 3.01. The first kappa shape index (κ1) is 16.8. The van der Waals surface area contributed by atoms with Gasteiger partial charge in [0.2, 0.25) is 0 Å². The molecule has 0 spiro atoms. The zero-order valence-electron chi connectivity index (χ0n) is 12.8. The number of carbonyl (C=O) groups excluding carboxylic acids is 2. The minimum absolute atomic E-state index is 0.0817. The molecular weight excluding hydrogens is 316 g/mol. The van der Waals surface area contributed by atoms with Crippen LogP contribution in [0, 0.1) is 0 Å². The van der Waals surface area contributed by atoms with Crippen molar-refractivity contribution >= 4 is 33.3 Å². The van der Waals surface area contributed by atoms with Crippen LogP contribution in [0.25, 0.3) is 0 Å². The fourth-order valence-corrected chi connectivity index (χ4v) is 2.48. The maximum absolute atomic E-state index is 12.2. The number of phenols is 1. The molecule has 0 aliphatic rings. The van der Waals surface area contributed by atoms with Crippen LogP contribution in [0.15, 0.2) is 24.4 Å². The van der Waals surface area contributed by atoms with E-state index in [2.05, 4.69) is 20.9 Å². The van der Waals surface area contributed by atoms with Crippen molar-refractivity contribution in [1.29, 1.82) is 0 Å². The van der Waals surface area contributed by atoms with E-state index in [1.807, 2.05) is 6.92 Å². The summed E-state index contributed by atoms with van der Waals surface area (Å²) < 4.78 is 0. The van der Waals surface area contributed by atoms with Crippen LogP contribution in [0.2, 0.25) is 0 Å². The minimum atomic E-state index is -0.486. The van der Waals surface area contributed by atoms with Crippen molar-refractivity contribution in [3.63, 3.8) is 0 Å². The lowest BCUT2D eigenvalue weighted by Crippen LogP contribution is -2.24. The van der Waals surface area contributed by atoms with Crippen molar-refractivity contribution in [2.75, 3.05) is 24.2 Å². The molecule has 0 fully saturated rings. The second kappa shape index (κ2) is 7.59. The van der Waals surface area contributed by atoms with Gasteiger partial charge in [-0.05, 0) is 24.6 Å². The van der Waals surface area contributed by atoms with Gasteiger partial charge in [0.15, 0.2) is 5.13 Å². The van der Waals surface area contributed by atoms with Crippen LogP contribution in [0.4, 0.5) is 10.1 Å². The summed E-state index contributed by atoms with van der Waals surface area (Å²) in [5, 5.41) is 19.5. The van der Waals surface area contributed by atoms with E-state index in [0.717, 1.165) is 11.4 Å². The summed E-state index contributed by atoms with van der Waals surface area (Å²) in [6.07, 6.45) is 2.42. The summed E-state index contributed by atoms with van der Waals surface area (Å²) >= 11 is 1.28. The second-order valence-electron chi connectivity index (χ2n) is 4.72. The van der Waals surface area contributed by atoms with E-state index >= 15 is 0 Å². The highest BCUT2D eigenvalue weighted by Crippen LogP contribution is 2.25. The first-order valence-corrected chi connectivity index (χ1v) is 7.93. The highest BCUT2D eigenvalue weighted by molar-refractivity contribution is 7.19. The van der Waals surface area contributed by atoms with Crippen molar-refractivity contribution < 1.29 is 14.7 Å². The molecule has 4 N–H and O–H groups in total. The lowest BCUT2D eigenvalue weighted by atomic mass is 10.1. The van der Waals surface area contributed by atoms with Gasteiger partial charge in [-0.1, -0.05) is 18.3 Å². The number of anilines is 2. The molecule has 2 aromatic rings. The van der Waals surface area contributed by atoms with Gasteiger partial charge in [-0.2, -0.15) is 0 Å². The van der Waals surface area contributed by atoms with Crippen LogP contribution in [-0.4, -0.2) is 35.5 Å². The molecule has 0 unspecified atom stereocenters. The Bertz CT molecular complexity index is 714. The molecule has 1 heterocycles. The molecule has 8 heteroatoms. The maximum atomic E-state index is 12.2. The Kier molecular flexibility index (Phi) is 5.53. The number of nitrogens with zero attached hydrogens (tertiary/aromatic N) is 1. The van der Waals surface area contributed by atoms with Crippen molar-refractivity contribution in [1.82, 2.24) is 10.3 Å². The summed E-state index contributed by atoms with van der Waals surface area (Å²) in [7, 11) is 1.76. The van der Waals surface area contributed by atoms with Gasteiger partial charge in [0.05, 0.1) is 11.8 Å². The summed E-state index contributed by atoms with van der Waals surface area (Å²) in [6.45, 7) is 2.50. The summed E-state index contributed by atoms with van der Waals surface area (Å²) in [4.78, 5) is 28.0. The Morgan fingerprint density at radius 1 is 1.30 bits per heavy atom. The molecule has 0 radical (unpaired) electrons. The lowest BCUT2D eigenvalue weighted by molar-refractivity contribution is 0.0951. The minimum Gasteiger partial charge on any atom is -0.507 e. The van der Waals surface area contributed by atoms with Gasteiger partial charge in [0.1, 0.15) is 10.8 Å². The Hall–Kier alpha value is -2.61. The van der Waals surface area contributed by atoms with Crippen molar-refractivity contribution in [2.45, 2.75) is 13.3 Å². The Morgan fingerprint density at radius 2 is 2.09 bits per heavy atom. The SMILES string of the molecule is CCCNC(=O)c1ccc(C(=O)Nc2ncc(NC)s2)c(O)c1. The van der Waals surface area contributed by atoms with Crippen molar-refractivity contribution in [3.8, 4) is 5.75 Å². The van der Waals surface area contributed by atoms with Gasteiger partial charge in [-0.25, -0.2) is 4.98 Å². The normalized spacial score (nSPS) is 10.2. The molecule has 122 valence electrons. The summed E-state index contributed by atoms with van der Waals surface area (Å²) in [6, 6.07) is 4.19. The molecule has 0 saturated carbocycles. The Morgan fingerprint density at radius 3 is 2.70 bits per heavy atom. The largest absolute Gasteiger partial charge is 0.507 e. The summed E-state index contributed by atoms with van der Waals surface area (Å²) in [5.74, 6) is -1.02. The van der Waals surface area contributed by atoms with Crippen LogP contribution < -0.4 is 16.0 Å². The fourth-order valence-electron chi connectivity index (χ4n) is 1.82. The molecule has 1 aromatic carbocycles. The number of benzene rings is 1. The highest BCUT2D eigenvalue weighted by Gasteiger charge is 2.15. The second-order valence-corrected chi connectivity index (χ2v) is 5.75. The number of thiazole rings is 1. The molecule has 1 aromatic heterocycles. The van der Waals surface area contributed by atoms with Crippen molar-refractivity contribution in [3.05, 3.63) is 35.5 Å². The molecule has 2 amide bonds. The average Bonchev–Trinajstić information content (AvgIpc) is 2.99. The number of hydrogen-bond acceptors (Lipinski definition) is 6. The summed E-state index contributed by atoms with van der Waals surface area (Å²) in [5.41, 5.74) is 0.387. The predicted octanol–water partition coefficient (Wildman–Crippen LogP) is 2.28.